The van der Waals surface area contributed by atoms with Gasteiger partial charge in [-0.25, -0.2) is 8.42 Å². The minimum Gasteiger partial charge on any atom is -0.492 e. The highest BCUT2D eigenvalue weighted by Crippen LogP contribution is 2.19. The Hall–Kier alpha value is -0.980. The molecule has 0 amide bonds. The average Bonchev–Trinajstić information content (AvgIpc) is 2.26. The monoisotopic (exact) mass is 294 g/mol. The van der Waals surface area contributed by atoms with Crippen molar-refractivity contribution in [2.45, 2.75) is 19.1 Å². The zero-order valence-electron chi connectivity index (χ0n) is 10.4. The van der Waals surface area contributed by atoms with Crippen molar-refractivity contribution in [3.8, 4) is 5.75 Å². The number of benzene rings is 1. The van der Waals surface area contributed by atoms with Crippen LogP contribution in [0.4, 0.5) is 5.69 Å². The van der Waals surface area contributed by atoms with E-state index in [-0.39, 0.29) is 12.4 Å². The van der Waals surface area contributed by atoms with Crippen LogP contribution < -0.4 is 15.2 Å². The Morgan fingerprint density at radius 1 is 1.39 bits per heavy atom. The lowest BCUT2D eigenvalue weighted by atomic mass is 10.3. The number of ether oxygens (including phenoxy) is 1. The molecule has 0 saturated heterocycles. The molecule has 1 aromatic rings. The summed E-state index contributed by atoms with van der Waals surface area (Å²) in [6.07, 6.45) is 0. The van der Waals surface area contributed by atoms with E-state index < -0.39 is 15.3 Å². The minimum absolute atomic E-state index is 0. The largest absolute Gasteiger partial charge is 0.492 e. The molecule has 5 nitrogen and oxygen atoms in total. The second kappa shape index (κ2) is 7.45. The number of nitrogens with one attached hydrogen (secondary N) is 1. The third kappa shape index (κ3) is 5.12. The highest BCUT2D eigenvalue weighted by atomic mass is 35.5. The van der Waals surface area contributed by atoms with Crippen molar-refractivity contribution in [2.75, 3.05) is 17.9 Å². The van der Waals surface area contributed by atoms with Crippen LogP contribution in [0.2, 0.25) is 0 Å². The molecule has 3 N–H and O–H groups in total. The van der Waals surface area contributed by atoms with Gasteiger partial charge in [0.15, 0.2) is 0 Å². The van der Waals surface area contributed by atoms with Gasteiger partial charge in [0, 0.05) is 12.6 Å². The molecule has 0 aliphatic heterocycles. The Bertz CT molecular complexity index is 463. The third-order valence-electron chi connectivity index (χ3n) is 2.10. The maximum absolute atomic E-state index is 11.7. The number of hydrogen-bond donors (Lipinski definition) is 2. The van der Waals surface area contributed by atoms with Crippen LogP contribution in [-0.2, 0) is 10.0 Å². The summed E-state index contributed by atoms with van der Waals surface area (Å²) < 4.78 is 31.1. The van der Waals surface area contributed by atoms with Gasteiger partial charge in [-0.2, -0.15) is 0 Å². The van der Waals surface area contributed by atoms with Crippen molar-refractivity contribution < 1.29 is 13.2 Å². The van der Waals surface area contributed by atoms with Gasteiger partial charge in [-0.05, 0) is 26.0 Å². The minimum atomic E-state index is -3.32. The summed E-state index contributed by atoms with van der Waals surface area (Å²) in [5.74, 6) is 0.597. The van der Waals surface area contributed by atoms with Crippen molar-refractivity contribution in [3.05, 3.63) is 24.3 Å². The molecule has 0 fully saturated rings. The van der Waals surface area contributed by atoms with Gasteiger partial charge in [0.1, 0.15) is 12.4 Å². The van der Waals surface area contributed by atoms with Crippen molar-refractivity contribution in [2.24, 2.45) is 5.73 Å². The first-order valence-corrected chi connectivity index (χ1v) is 6.95. The van der Waals surface area contributed by atoms with E-state index in [1.54, 1.807) is 38.1 Å². The van der Waals surface area contributed by atoms with E-state index in [4.69, 9.17) is 10.5 Å². The van der Waals surface area contributed by atoms with E-state index in [1.165, 1.54) is 0 Å². The van der Waals surface area contributed by atoms with Crippen molar-refractivity contribution in [1.82, 2.24) is 0 Å². The highest BCUT2D eigenvalue weighted by molar-refractivity contribution is 7.93. The molecule has 1 rings (SSSR count). The quantitative estimate of drug-likeness (QED) is 0.835. The van der Waals surface area contributed by atoms with Crippen LogP contribution in [0.25, 0.3) is 0 Å². The lowest BCUT2D eigenvalue weighted by molar-refractivity contribution is 0.328. The predicted octanol–water partition coefficient (Wildman–Crippen LogP) is 1.60. The van der Waals surface area contributed by atoms with Crippen LogP contribution in [0.1, 0.15) is 13.8 Å². The van der Waals surface area contributed by atoms with E-state index in [2.05, 4.69) is 4.72 Å². The maximum Gasteiger partial charge on any atom is 0.235 e. The van der Waals surface area contributed by atoms with E-state index >= 15 is 0 Å². The molecule has 18 heavy (non-hydrogen) atoms. The molecule has 0 aromatic heterocycles. The van der Waals surface area contributed by atoms with Gasteiger partial charge in [0.05, 0.1) is 10.9 Å². The smallest absolute Gasteiger partial charge is 0.235 e. The van der Waals surface area contributed by atoms with Crippen LogP contribution in [0.15, 0.2) is 24.3 Å². The van der Waals surface area contributed by atoms with Gasteiger partial charge in [0.25, 0.3) is 0 Å². The molecule has 0 atom stereocenters. The lowest BCUT2D eigenvalue weighted by Gasteiger charge is -2.12. The molecule has 0 aliphatic rings. The van der Waals surface area contributed by atoms with Crippen LogP contribution in [0, 0.1) is 0 Å². The summed E-state index contributed by atoms with van der Waals surface area (Å²) in [7, 11) is -3.32. The van der Waals surface area contributed by atoms with E-state index in [9.17, 15) is 8.42 Å². The van der Waals surface area contributed by atoms with E-state index in [0.29, 0.717) is 24.6 Å². The number of anilines is 1. The standard InChI is InChI=1S/C11H18N2O3S.ClH/c1-9(2)17(14,15)13-10-4-3-5-11(8-10)16-7-6-12;/h3-5,8-9,13H,6-7,12H2,1-2H3;1H. The zero-order chi connectivity index (χ0) is 12.9. The molecule has 0 aliphatic carbocycles. The molecular formula is C11H19ClN2O3S. The first kappa shape index (κ1) is 17.0. The Balaban J connectivity index is 0.00000289. The fourth-order valence-electron chi connectivity index (χ4n) is 1.11. The highest BCUT2D eigenvalue weighted by Gasteiger charge is 2.15. The van der Waals surface area contributed by atoms with Crippen LogP contribution in [-0.4, -0.2) is 26.8 Å². The van der Waals surface area contributed by atoms with Crippen molar-refractivity contribution in [1.29, 1.82) is 0 Å². The van der Waals surface area contributed by atoms with Gasteiger partial charge >= 0.3 is 0 Å². The van der Waals surface area contributed by atoms with Crippen LogP contribution in [0.3, 0.4) is 0 Å². The summed E-state index contributed by atoms with van der Waals surface area (Å²) in [6, 6.07) is 6.79. The van der Waals surface area contributed by atoms with Gasteiger partial charge in [-0.1, -0.05) is 6.07 Å². The molecule has 0 spiro atoms. The Morgan fingerprint density at radius 3 is 2.61 bits per heavy atom. The van der Waals surface area contributed by atoms with Gasteiger partial charge < -0.3 is 10.5 Å². The van der Waals surface area contributed by atoms with Gasteiger partial charge in [0.2, 0.25) is 10.0 Å². The van der Waals surface area contributed by atoms with Crippen LogP contribution in [0.5, 0.6) is 5.75 Å². The first-order chi connectivity index (χ1) is 7.95. The summed E-state index contributed by atoms with van der Waals surface area (Å²) in [4.78, 5) is 0. The molecule has 0 saturated carbocycles. The Morgan fingerprint density at radius 2 is 2.06 bits per heavy atom. The van der Waals surface area contributed by atoms with Crippen molar-refractivity contribution in [3.63, 3.8) is 0 Å². The summed E-state index contributed by atoms with van der Waals surface area (Å²) >= 11 is 0. The van der Waals surface area contributed by atoms with Crippen LogP contribution >= 0.6 is 12.4 Å². The van der Waals surface area contributed by atoms with Gasteiger partial charge in [-0.15, -0.1) is 12.4 Å². The fourth-order valence-corrected chi connectivity index (χ4v) is 1.80. The molecule has 0 heterocycles. The Kier molecular flexibility index (Phi) is 7.05. The second-order valence-electron chi connectivity index (χ2n) is 3.86. The third-order valence-corrected chi connectivity index (χ3v) is 3.86. The average molecular weight is 295 g/mol. The summed E-state index contributed by atoms with van der Waals surface area (Å²) in [5, 5.41) is -0.476. The molecule has 7 heteroatoms. The number of nitrogens with two attached hydrogens (primary N) is 1. The predicted molar refractivity (Wildman–Crippen MR) is 75.9 cm³/mol. The molecular weight excluding hydrogens is 276 g/mol. The first-order valence-electron chi connectivity index (χ1n) is 5.40. The lowest BCUT2D eigenvalue weighted by Crippen LogP contribution is -2.22. The number of hydrogen-bond acceptors (Lipinski definition) is 4. The molecule has 104 valence electrons. The van der Waals surface area contributed by atoms with E-state index in [1.807, 2.05) is 0 Å². The topological polar surface area (TPSA) is 81.4 Å². The van der Waals surface area contributed by atoms with Crippen molar-refractivity contribution >= 4 is 28.1 Å². The van der Waals surface area contributed by atoms with E-state index in [0.717, 1.165) is 0 Å². The molecule has 1 aromatic carbocycles. The number of rotatable bonds is 6. The normalized spacial score (nSPS) is 10.9. The number of halogens is 1. The number of sulfonamides is 1. The fraction of sp³-hybridized carbons (Fsp3) is 0.455. The second-order valence-corrected chi connectivity index (χ2v) is 6.10. The zero-order valence-corrected chi connectivity index (χ0v) is 12.1. The summed E-state index contributed by atoms with van der Waals surface area (Å²) in [6.45, 7) is 4.07. The summed E-state index contributed by atoms with van der Waals surface area (Å²) in [5.41, 5.74) is 5.81. The molecule has 0 bridgehead atoms. The molecule has 0 unspecified atom stereocenters. The van der Waals surface area contributed by atoms with Gasteiger partial charge in [-0.3, -0.25) is 4.72 Å². The maximum atomic E-state index is 11.7. The SMILES string of the molecule is CC(C)S(=O)(=O)Nc1cccc(OCCN)c1.Cl. The molecule has 0 radical (unpaired) electrons. The Labute approximate surface area is 114 Å².